The highest BCUT2D eigenvalue weighted by Crippen LogP contribution is 2.21. The Morgan fingerprint density at radius 3 is 2.80 bits per heavy atom. The fourth-order valence-corrected chi connectivity index (χ4v) is 1.72. The highest BCUT2D eigenvalue weighted by molar-refractivity contribution is 5.77. The maximum atomic E-state index is 12.6. The van der Waals surface area contributed by atoms with E-state index in [0.29, 0.717) is 13.0 Å². The molecule has 2 heterocycles. The maximum Gasteiger partial charge on any atom is 0.326 e. The number of rotatable bonds is 2. The van der Waals surface area contributed by atoms with Crippen LogP contribution in [0.25, 0.3) is 0 Å². The number of aliphatic carboxylic acids is 1. The molecule has 0 bridgehead atoms. The molecule has 1 N–H and O–H groups in total. The van der Waals surface area contributed by atoms with Crippen molar-refractivity contribution in [3.05, 3.63) is 18.2 Å². The van der Waals surface area contributed by atoms with Crippen molar-refractivity contribution in [1.82, 2.24) is 9.97 Å². The molecule has 2 rings (SSSR count). The van der Waals surface area contributed by atoms with Crippen LogP contribution >= 0.6 is 0 Å². The van der Waals surface area contributed by atoms with Gasteiger partial charge in [-0.3, -0.25) is 0 Å². The zero-order chi connectivity index (χ0) is 10.8. The molecule has 0 spiro atoms. The predicted octanol–water partition coefficient (Wildman–Crippen LogP) is 0.669. The molecule has 6 heteroatoms. The van der Waals surface area contributed by atoms with Crippen molar-refractivity contribution in [1.29, 1.82) is 0 Å². The second kappa shape index (κ2) is 3.80. The van der Waals surface area contributed by atoms with Gasteiger partial charge in [0.15, 0.2) is 5.82 Å². The second-order valence-corrected chi connectivity index (χ2v) is 3.39. The minimum Gasteiger partial charge on any atom is -0.480 e. The van der Waals surface area contributed by atoms with E-state index < -0.39 is 17.8 Å². The molecular formula is C9H10FN3O2. The molecule has 0 radical (unpaired) electrons. The normalized spacial score (nSPS) is 20.6. The van der Waals surface area contributed by atoms with Crippen LogP contribution in [0.4, 0.5) is 10.3 Å². The van der Waals surface area contributed by atoms with Crippen LogP contribution in [0, 0.1) is 5.82 Å². The lowest BCUT2D eigenvalue weighted by atomic mass is 10.2. The second-order valence-electron chi connectivity index (χ2n) is 3.39. The molecule has 1 atom stereocenters. The van der Waals surface area contributed by atoms with E-state index in [0.717, 1.165) is 18.8 Å². The molecule has 1 aliphatic heterocycles. The average Bonchev–Trinajstić information content (AvgIpc) is 2.67. The number of hydrogen-bond acceptors (Lipinski definition) is 4. The monoisotopic (exact) mass is 211 g/mol. The summed E-state index contributed by atoms with van der Waals surface area (Å²) in [5.41, 5.74) is 0. The molecule has 0 amide bonds. The molecule has 1 aliphatic rings. The molecule has 80 valence electrons. The van der Waals surface area contributed by atoms with E-state index in [2.05, 4.69) is 9.97 Å². The van der Waals surface area contributed by atoms with E-state index in [1.54, 1.807) is 4.90 Å². The summed E-state index contributed by atoms with van der Waals surface area (Å²) in [5, 5.41) is 8.93. The molecule has 0 saturated carbocycles. The van der Waals surface area contributed by atoms with E-state index >= 15 is 0 Å². The molecule has 1 aromatic heterocycles. The number of halogens is 1. The number of hydrogen-bond donors (Lipinski definition) is 1. The highest BCUT2D eigenvalue weighted by atomic mass is 19.1. The van der Waals surface area contributed by atoms with Gasteiger partial charge in [-0.1, -0.05) is 0 Å². The van der Waals surface area contributed by atoms with E-state index in [1.807, 2.05) is 0 Å². The van der Waals surface area contributed by atoms with Crippen molar-refractivity contribution in [2.75, 3.05) is 11.4 Å². The van der Waals surface area contributed by atoms with E-state index in [4.69, 9.17) is 5.11 Å². The summed E-state index contributed by atoms with van der Waals surface area (Å²) in [6.45, 7) is 0.600. The van der Waals surface area contributed by atoms with E-state index in [1.165, 1.54) is 0 Å². The van der Waals surface area contributed by atoms with Crippen LogP contribution in [0.15, 0.2) is 12.4 Å². The van der Waals surface area contributed by atoms with Crippen LogP contribution in [-0.2, 0) is 4.79 Å². The summed E-state index contributed by atoms with van der Waals surface area (Å²) in [4.78, 5) is 20.0. The summed E-state index contributed by atoms with van der Waals surface area (Å²) < 4.78 is 12.6. The third-order valence-electron chi connectivity index (χ3n) is 2.40. The Bertz CT molecular complexity index is 368. The first kappa shape index (κ1) is 9.82. The lowest BCUT2D eigenvalue weighted by molar-refractivity contribution is -0.138. The van der Waals surface area contributed by atoms with Gasteiger partial charge in [0, 0.05) is 6.54 Å². The minimum absolute atomic E-state index is 0.279. The molecule has 1 fully saturated rings. The topological polar surface area (TPSA) is 66.3 Å². The van der Waals surface area contributed by atoms with Gasteiger partial charge in [-0.2, -0.15) is 0 Å². The molecule has 1 saturated heterocycles. The largest absolute Gasteiger partial charge is 0.480 e. The van der Waals surface area contributed by atoms with Gasteiger partial charge in [0.05, 0.1) is 12.4 Å². The average molecular weight is 211 g/mol. The van der Waals surface area contributed by atoms with Crippen LogP contribution in [0.2, 0.25) is 0 Å². The lowest BCUT2D eigenvalue weighted by Gasteiger charge is -2.20. The minimum atomic E-state index is -0.888. The fraction of sp³-hybridized carbons (Fsp3) is 0.444. The summed E-state index contributed by atoms with van der Waals surface area (Å²) in [5.74, 6) is -1.13. The van der Waals surface area contributed by atoms with Gasteiger partial charge < -0.3 is 10.0 Å². The SMILES string of the molecule is O=C(O)[C@@H]1CCCN1c1ncc(F)cn1. The van der Waals surface area contributed by atoms with Gasteiger partial charge in [0.2, 0.25) is 5.95 Å². The first-order chi connectivity index (χ1) is 7.18. The van der Waals surface area contributed by atoms with Crippen LogP contribution < -0.4 is 4.90 Å². The number of aromatic nitrogens is 2. The number of carbonyl (C=O) groups is 1. The fourth-order valence-electron chi connectivity index (χ4n) is 1.72. The third kappa shape index (κ3) is 1.88. The Hall–Kier alpha value is -1.72. The van der Waals surface area contributed by atoms with Gasteiger partial charge in [-0.25, -0.2) is 19.2 Å². The first-order valence-electron chi connectivity index (χ1n) is 4.65. The van der Waals surface area contributed by atoms with Crippen molar-refractivity contribution in [3.8, 4) is 0 Å². The first-order valence-corrected chi connectivity index (χ1v) is 4.65. The van der Waals surface area contributed by atoms with Crippen LogP contribution in [-0.4, -0.2) is 33.6 Å². The lowest BCUT2D eigenvalue weighted by Crippen LogP contribution is -2.37. The number of anilines is 1. The summed E-state index contributed by atoms with van der Waals surface area (Å²) >= 11 is 0. The summed E-state index contributed by atoms with van der Waals surface area (Å²) in [6, 6.07) is -0.588. The third-order valence-corrected chi connectivity index (χ3v) is 2.40. The smallest absolute Gasteiger partial charge is 0.326 e. The van der Waals surface area contributed by atoms with Crippen LogP contribution in [0.5, 0.6) is 0 Å². The van der Waals surface area contributed by atoms with Crippen molar-refractivity contribution >= 4 is 11.9 Å². The number of carboxylic acid groups (broad SMARTS) is 1. The molecule has 5 nitrogen and oxygen atoms in total. The Morgan fingerprint density at radius 2 is 2.20 bits per heavy atom. The van der Waals surface area contributed by atoms with Gasteiger partial charge in [0.25, 0.3) is 0 Å². The zero-order valence-corrected chi connectivity index (χ0v) is 7.93. The van der Waals surface area contributed by atoms with Crippen LogP contribution in [0.1, 0.15) is 12.8 Å². The summed E-state index contributed by atoms with van der Waals surface area (Å²) in [6.07, 6.45) is 3.45. The number of carboxylic acids is 1. The van der Waals surface area contributed by atoms with Gasteiger partial charge in [-0.15, -0.1) is 0 Å². The van der Waals surface area contributed by atoms with Crippen molar-refractivity contribution < 1.29 is 14.3 Å². The molecule has 0 aromatic carbocycles. The van der Waals surface area contributed by atoms with Crippen LogP contribution in [0.3, 0.4) is 0 Å². The molecule has 0 unspecified atom stereocenters. The summed E-state index contributed by atoms with van der Waals surface area (Å²) in [7, 11) is 0. The Balaban J connectivity index is 2.22. The molecule has 15 heavy (non-hydrogen) atoms. The molecule has 0 aliphatic carbocycles. The quantitative estimate of drug-likeness (QED) is 0.778. The predicted molar refractivity (Wildman–Crippen MR) is 50.0 cm³/mol. The zero-order valence-electron chi connectivity index (χ0n) is 7.93. The van der Waals surface area contributed by atoms with Gasteiger partial charge >= 0.3 is 5.97 Å². The molecule has 1 aromatic rings. The maximum absolute atomic E-state index is 12.6. The van der Waals surface area contributed by atoms with Crippen molar-refractivity contribution in [3.63, 3.8) is 0 Å². The van der Waals surface area contributed by atoms with Crippen molar-refractivity contribution in [2.45, 2.75) is 18.9 Å². The molecular weight excluding hydrogens is 201 g/mol. The van der Waals surface area contributed by atoms with E-state index in [-0.39, 0.29) is 5.95 Å². The Morgan fingerprint density at radius 1 is 1.53 bits per heavy atom. The number of nitrogens with zero attached hydrogens (tertiary/aromatic N) is 3. The van der Waals surface area contributed by atoms with E-state index in [9.17, 15) is 9.18 Å². The van der Waals surface area contributed by atoms with Crippen molar-refractivity contribution in [2.24, 2.45) is 0 Å². The Labute approximate surface area is 85.6 Å². The standard InChI is InChI=1S/C9H10FN3O2/c10-6-4-11-9(12-5-6)13-3-1-2-7(13)8(14)15/h4-5,7H,1-3H2,(H,14,15)/t7-/m0/s1. The Kier molecular flexibility index (Phi) is 2.49. The van der Waals surface area contributed by atoms with Gasteiger partial charge in [0.1, 0.15) is 6.04 Å². The van der Waals surface area contributed by atoms with Gasteiger partial charge in [-0.05, 0) is 12.8 Å². The highest BCUT2D eigenvalue weighted by Gasteiger charge is 2.32.